The van der Waals surface area contributed by atoms with E-state index in [9.17, 15) is 0 Å². The minimum absolute atomic E-state index is 0.243. The van der Waals surface area contributed by atoms with Crippen LogP contribution in [0.25, 0.3) is 0 Å². The van der Waals surface area contributed by atoms with E-state index in [0.29, 0.717) is 0 Å². The molecule has 0 rings (SSSR count). The van der Waals surface area contributed by atoms with Crippen molar-refractivity contribution in [3.8, 4) is 0 Å². The van der Waals surface area contributed by atoms with Crippen LogP contribution >= 0.6 is 0 Å². The highest BCUT2D eigenvalue weighted by Crippen LogP contribution is 1.99. The summed E-state index contributed by atoms with van der Waals surface area (Å²) >= 11 is 0. The van der Waals surface area contributed by atoms with E-state index in [-0.39, 0.29) is 5.54 Å². The van der Waals surface area contributed by atoms with Crippen LogP contribution in [0.1, 0.15) is 34.1 Å². The van der Waals surface area contributed by atoms with E-state index in [2.05, 4.69) is 51.5 Å². The van der Waals surface area contributed by atoms with Crippen molar-refractivity contribution in [1.29, 1.82) is 0 Å². The van der Waals surface area contributed by atoms with Crippen molar-refractivity contribution < 1.29 is 0 Å². The number of likely N-dealkylation sites (N-methyl/N-ethyl adjacent to an activating group) is 1. The summed E-state index contributed by atoms with van der Waals surface area (Å²) in [5.41, 5.74) is 1.48. The average Bonchev–Trinajstić information content (AvgIpc) is 1.95. The molecule has 0 aromatic heterocycles. The minimum Gasteiger partial charge on any atom is -0.312 e. The fraction of sp³-hybridized carbons (Fsp3) is 0.833. The van der Waals surface area contributed by atoms with Gasteiger partial charge in [-0.2, -0.15) is 0 Å². The summed E-state index contributed by atoms with van der Waals surface area (Å²) < 4.78 is 0. The smallest absolute Gasteiger partial charge is 0.0184 e. The van der Waals surface area contributed by atoms with Crippen molar-refractivity contribution in [3.63, 3.8) is 0 Å². The molecule has 0 saturated carbocycles. The number of rotatable bonds is 6. The topological polar surface area (TPSA) is 15.3 Å². The van der Waals surface area contributed by atoms with Crippen LogP contribution in [-0.2, 0) is 0 Å². The molecule has 14 heavy (non-hydrogen) atoms. The van der Waals surface area contributed by atoms with Gasteiger partial charge in [0.15, 0.2) is 0 Å². The molecule has 0 amide bonds. The lowest BCUT2D eigenvalue weighted by Gasteiger charge is -2.22. The standard InChI is InChI=1S/C12H26N2/c1-11(2)10-14(6)9-7-8-13-12(3,4)5/h13H,1,7-10H2,2-6H3. The molecule has 0 aliphatic rings. The summed E-state index contributed by atoms with van der Waals surface area (Å²) in [7, 11) is 2.14. The van der Waals surface area contributed by atoms with Crippen molar-refractivity contribution in [3.05, 3.63) is 12.2 Å². The van der Waals surface area contributed by atoms with Crippen LogP contribution in [0.5, 0.6) is 0 Å². The molecule has 0 fully saturated rings. The van der Waals surface area contributed by atoms with Crippen LogP contribution in [0.4, 0.5) is 0 Å². The van der Waals surface area contributed by atoms with Crippen LogP contribution in [-0.4, -0.2) is 37.1 Å². The van der Waals surface area contributed by atoms with Gasteiger partial charge in [0.05, 0.1) is 0 Å². The third kappa shape index (κ3) is 9.75. The summed E-state index contributed by atoms with van der Waals surface area (Å²) in [5.74, 6) is 0. The van der Waals surface area contributed by atoms with E-state index < -0.39 is 0 Å². The van der Waals surface area contributed by atoms with Crippen molar-refractivity contribution in [2.45, 2.75) is 39.7 Å². The van der Waals surface area contributed by atoms with Crippen molar-refractivity contribution in [2.24, 2.45) is 0 Å². The lowest BCUT2D eigenvalue weighted by molar-refractivity contribution is 0.337. The first-order chi connectivity index (χ1) is 6.31. The number of hydrogen-bond acceptors (Lipinski definition) is 2. The summed E-state index contributed by atoms with van der Waals surface area (Å²) in [6.07, 6.45) is 1.20. The highest BCUT2D eigenvalue weighted by Gasteiger charge is 2.07. The van der Waals surface area contributed by atoms with Gasteiger partial charge in [0, 0.05) is 12.1 Å². The Labute approximate surface area is 89.4 Å². The quantitative estimate of drug-likeness (QED) is 0.520. The van der Waals surface area contributed by atoms with Crippen LogP contribution in [0.2, 0.25) is 0 Å². The Hall–Kier alpha value is -0.340. The molecule has 0 saturated heterocycles. The number of nitrogens with zero attached hydrogens (tertiary/aromatic N) is 1. The molecule has 0 heterocycles. The van der Waals surface area contributed by atoms with Gasteiger partial charge in [-0.3, -0.25) is 0 Å². The van der Waals surface area contributed by atoms with E-state index in [1.165, 1.54) is 12.0 Å². The zero-order chi connectivity index (χ0) is 11.2. The van der Waals surface area contributed by atoms with Crippen LogP contribution in [0, 0.1) is 0 Å². The Morgan fingerprint density at radius 1 is 1.36 bits per heavy atom. The van der Waals surface area contributed by atoms with E-state index in [0.717, 1.165) is 19.6 Å². The van der Waals surface area contributed by atoms with E-state index in [4.69, 9.17) is 0 Å². The molecule has 0 aromatic rings. The first kappa shape index (κ1) is 13.7. The van der Waals surface area contributed by atoms with E-state index in [1.807, 2.05) is 0 Å². The van der Waals surface area contributed by atoms with Crippen LogP contribution in [0.3, 0.4) is 0 Å². The fourth-order valence-corrected chi connectivity index (χ4v) is 1.35. The predicted octanol–water partition coefficient (Wildman–Crippen LogP) is 2.27. The average molecular weight is 198 g/mol. The molecule has 0 aliphatic heterocycles. The molecule has 0 aliphatic carbocycles. The highest BCUT2D eigenvalue weighted by atomic mass is 15.1. The zero-order valence-electron chi connectivity index (χ0n) is 10.5. The molecule has 0 spiro atoms. The third-order valence-electron chi connectivity index (χ3n) is 1.91. The van der Waals surface area contributed by atoms with Gasteiger partial charge in [-0.05, 0) is 54.3 Å². The normalized spacial score (nSPS) is 12.1. The van der Waals surface area contributed by atoms with Gasteiger partial charge in [-0.1, -0.05) is 12.2 Å². The molecule has 2 heteroatoms. The molecule has 2 nitrogen and oxygen atoms in total. The van der Waals surface area contributed by atoms with Crippen molar-refractivity contribution >= 4 is 0 Å². The Balaban J connectivity index is 3.41. The fourth-order valence-electron chi connectivity index (χ4n) is 1.35. The molecule has 0 atom stereocenters. The van der Waals surface area contributed by atoms with E-state index >= 15 is 0 Å². The van der Waals surface area contributed by atoms with Crippen molar-refractivity contribution in [2.75, 3.05) is 26.7 Å². The van der Waals surface area contributed by atoms with E-state index in [1.54, 1.807) is 0 Å². The third-order valence-corrected chi connectivity index (χ3v) is 1.91. The lowest BCUT2D eigenvalue weighted by Crippen LogP contribution is -2.37. The van der Waals surface area contributed by atoms with Crippen LogP contribution < -0.4 is 5.32 Å². The SMILES string of the molecule is C=C(C)CN(C)CCCNC(C)(C)C. The largest absolute Gasteiger partial charge is 0.312 e. The Bertz CT molecular complexity index is 168. The second-order valence-corrected chi connectivity index (χ2v) is 5.23. The molecule has 1 N–H and O–H groups in total. The van der Waals surface area contributed by atoms with Crippen molar-refractivity contribution in [1.82, 2.24) is 10.2 Å². The maximum Gasteiger partial charge on any atom is 0.0184 e. The Morgan fingerprint density at radius 3 is 2.36 bits per heavy atom. The van der Waals surface area contributed by atoms with Gasteiger partial charge < -0.3 is 10.2 Å². The molecule has 84 valence electrons. The predicted molar refractivity (Wildman–Crippen MR) is 64.7 cm³/mol. The number of nitrogens with one attached hydrogen (secondary N) is 1. The van der Waals surface area contributed by atoms with Gasteiger partial charge in [0.25, 0.3) is 0 Å². The van der Waals surface area contributed by atoms with Crippen LogP contribution in [0.15, 0.2) is 12.2 Å². The summed E-state index contributed by atoms with van der Waals surface area (Å²) in [6.45, 7) is 15.8. The highest BCUT2D eigenvalue weighted by molar-refractivity contribution is 4.90. The van der Waals surface area contributed by atoms with Gasteiger partial charge in [0.1, 0.15) is 0 Å². The summed E-state index contributed by atoms with van der Waals surface area (Å²) in [4.78, 5) is 2.31. The Kier molecular flexibility index (Phi) is 6.05. The Morgan fingerprint density at radius 2 is 1.93 bits per heavy atom. The van der Waals surface area contributed by atoms with Gasteiger partial charge in [-0.25, -0.2) is 0 Å². The molecule has 0 aromatic carbocycles. The second kappa shape index (κ2) is 6.20. The zero-order valence-corrected chi connectivity index (χ0v) is 10.5. The summed E-state index contributed by atoms with van der Waals surface area (Å²) in [6, 6.07) is 0. The maximum atomic E-state index is 3.91. The van der Waals surface area contributed by atoms with Gasteiger partial charge in [0.2, 0.25) is 0 Å². The molecule has 0 bridgehead atoms. The minimum atomic E-state index is 0.243. The van der Waals surface area contributed by atoms with Gasteiger partial charge in [-0.15, -0.1) is 0 Å². The molecule has 0 unspecified atom stereocenters. The van der Waals surface area contributed by atoms with Gasteiger partial charge >= 0.3 is 0 Å². The molecular formula is C12H26N2. The summed E-state index contributed by atoms with van der Waals surface area (Å²) in [5, 5.41) is 3.48. The second-order valence-electron chi connectivity index (χ2n) is 5.23. The number of hydrogen-bond donors (Lipinski definition) is 1. The first-order valence-corrected chi connectivity index (χ1v) is 5.39. The molecular weight excluding hydrogens is 172 g/mol. The molecule has 0 radical (unpaired) electrons. The maximum absolute atomic E-state index is 3.91. The lowest BCUT2D eigenvalue weighted by atomic mass is 10.1. The monoisotopic (exact) mass is 198 g/mol. The first-order valence-electron chi connectivity index (χ1n) is 5.39.